The number of benzene rings is 2. The van der Waals surface area contributed by atoms with Gasteiger partial charge in [0, 0.05) is 16.6 Å². The molecule has 0 aliphatic rings. The van der Waals surface area contributed by atoms with Crippen molar-refractivity contribution in [1.29, 1.82) is 0 Å². The van der Waals surface area contributed by atoms with Crippen molar-refractivity contribution in [2.45, 2.75) is 66.1 Å². The number of amides is 2. The third kappa shape index (κ3) is 7.32. The first-order valence-electron chi connectivity index (χ1n) is 9.88. The molecule has 0 fully saturated rings. The number of nitrogens with zero attached hydrogens (tertiary/aromatic N) is 1. The minimum atomic E-state index is -0.573. The van der Waals surface area contributed by atoms with Crippen molar-refractivity contribution >= 4 is 27.7 Å². The fraction of sp³-hybridized carbons (Fsp3) is 0.417. The molecule has 0 heterocycles. The molecule has 0 bridgehead atoms. The summed E-state index contributed by atoms with van der Waals surface area (Å²) in [6, 6.07) is 13.4. The Morgan fingerprint density at radius 2 is 1.55 bits per heavy atom. The third-order valence-corrected chi connectivity index (χ3v) is 5.10. The lowest BCUT2D eigenvalue weighted by Crippen LogP contribution is -2.52. The lowest BCUT2D eigenvalue weighted by molar-refractivity contribution is -0.140. The summed E-state index contributed by atoms with van der Waals surface area (Å²) in [4.78, 5) is 27.7. The smallest absolute Gasteiger partial charge is 0.242 e. The number of aryl methyl sites for hydroxylation is 2. The van der Waals surface area contributed by atoms with Gasteiger partial charge in [-0.2, -0.15) is 0 Å². The second kappa shape index (κ2) is 9.57. The lowest BCUT2D eigenvalue weighted by Gasteiger charge is -2.31. The van der Waals surface area contributed by atoms with Crippen LogP contribution in [0.2, 0.25) is 0 Å². The van der Waals surface area contributed by atoms with E-state index in [-0.39, 0.29) is 23.8 Å². The molecule has 1 atom stereocenters. The standard InChI is InChI=1S/C24H31BrN2O2/c1-16-11-17(2)13-20(12-16)14-22(28)27(15-19-7-9-21(25)10-8-19)18(3)23(29)26-24(4,5)6/h7-13,18H,14-15H2,1-6H3,(H,26,29)/t18-/m1/s1. The molecule has 0 saturated heterocycles. The number of carbonyl (C=O) groups excluding carboxylic acids is 2. The summed E-state index contributed by atoms with van der Waals surface area (Å²) in [5, 5.41) is 2.99. The Labute approximate surface area is 182 Å². The molecule has 2 aromatic rings. The van der Waals surface area contributed by atoms with Crippen LogP contribution in [0.25, 0.3) is 0 Å². The Balaban J connectivity index is 2.27. The maximum atomic E-state index is 13.3. The Kier molecular flexibility index (Phi) is 7.64. The summed E-state index contributed by atoms with van der Waals surface area (Å²) in [5.74, 6) is -0.210. The molecule has 0 saturated carbocycles. The zero-order valence-electron chi connectivity index (χ0n) is 18.2. The zero-order valence-corrected chi connectivity index (χ0v) is 19.8. The van der Waals surface area contributed by atoms with Gasteiger partial charge in [-0.25, -0.2) is 0 Å². The average molecular weight is 459 g/mol. The number of hydrogen-bond acceptors (Lipinski definition) is 2. The SMILES string of the molecule is Cc1cc(C)cc(CC(=O)N(Cc2ccc(Br)cc2)[C@H](C)C(=O)NC(C)(C)C)c1. The molecule has 2 rings (SSSR count). The third-order valence-electron chi connectivity index (χ3n) is 4.57. The van der Waals surface area contributed by atoms with Gasteiger partial charge in [0.1, 0.15) is 6.04 Å². The average Bonchev–Trinajstić information content (AvgIpc) is 2.58. The van der Waals surface area contributed by atoms with E-state index < -0.39 is 6.04 Å². The highest BCUT2D eigenvalue weighted by atomic mass is 79.9. The maximum Gasteiger partial charge on any atom is 0.242 e. The van der Waals surface area contributed by atoms with Gasteiger partial charge in [0.2, 0.25) is 11.8 Å². The second-order valence-corrected chi connectivity index (χ2v) is 9.65. The highest BCUT2D eigenvalue weighted by Gasteiger charge is 2.28. The fourth-order valence-electron chi connectivity index (χ4n) is 3.29. The Morgan fingerprint density at radius 1 is 1.00 bits per heavy atom. The van der Waals surface area contributed by atoms with E-state index in [9.17, 15) is 9.59 Å². The summed E-state index contributed by atoms with van der Waals surface area (Å²) in [6.07, 6.45) is 0.270. The van der Waals surface area contributed by atoms with Crippen molar-refractivity contribution in [3.05, 3.63) is 69.2 Å². The van der Waals surface area contributed by atoms with Gasteiger partial charge in [-0.15, -0.1) is 0 Å². The predicted octanol–water partition coefficient (Wildman–Crippen LogP) is 4.94. The van der Waals surface area contributed by atoms with Crippen LogP contribution in [-0.4, -0.2) is 28.3 Å². The van der Waals surface area contributed by atoms with E-state index in [1.165, 1.54) is 0 Å². The van der Waals surface area contributed by atoms with Gasteiger partial charge < -0.3 is 10.2 Å². The number of carbonyl (C=O) groups is 2. The van der Waals surface area contributed by atoms with Gasteiger partial charge >= 0.3 is 0 Å². The first-order chi connectivity index (χ1) is 13.4. The topological polar surface area (TPSA) is 49.4 Å². The number of rotatable bonds is 6. The van der Waals surface area contributed by atoms with E-state index in [1.807, 2.05) is 71.0 Å². The van der Waals surface area contributed by atoms with Crippen LogP contribution in [0.5, 0.6) is 0 Å². The zero-order chi connectivity index (χ0) is 21.8. The van der Waals surface area contributed by atoms with Crippen LogP contribution in [0.3, 0.4) is 0 Å². The Bertz CT molecular complexity index is 849. The van der Waals surface area contributed by atoms with Gasteiger partial charge in [-0.3, -0.25) is 9.59 Å². The Morgan fingerprint density at radius 3 is 2.07 bits per heavy atom. The minimum Gasteiger partial charge on any atom is -0.350 e. The molecule has 5 heteroatoms. The van der Waals surface area contributed by atoms with Gasteiger partial charge in [-0.1, -0.05) is 57.4 Å². The molecule has 0 aromatic heterocycles. The van der Waals surface area contributed by atoms with Gasteiger partial charge in [-0.05, 0) is 64.8 Å². The predicted molar refractivity (Wildman–Crippen MR) is 122 cm³/mol. The van der Waals surface area contributed by atoms with Gasteiger partial charge in [0.25, 0.3) is 0 Å². The summed E-state index contributed by atoms with van der Waals surface area (Å²) in [7, 11) is 0. The largest absolute Gasteiger partial charge is 0.350 e. The van der Waals surface area contributed by atoms with Crippen molar-refractivity contribution in [3.63, 3.8) is 0 Å². The molecule has 0 aliphatic heterocycles. The van der Waals surface area contributed by atoms with Crippen LogP contribution in [0.4, 0.5) is 0 Å². The summed E-state index contributed by atoms with van der Waals surface area (Å²) < 4.78 is 0.980. The summed E-state index contributed by atoms with van der Waals surface area (Å²) >= 11 is 3.44. The van der Waals surface area contributed by atoms with Crippen LogP contribution in [-0.2, 0) is 22.6 Å². The van der Waals surface area contributed by atoms with Crippen LogP contribution in [0, 0.1) is 13.8 Å². The molecular formula is C24H31BrN2O2. The van der Waals surface area contributed by atoms with Crippen LogP contribution >= 0.6 is 15.9 Å². The summed E-state index contributed by atoms with van der Waals surface area (Å²) in [6.45, 7) is 12.0. The van der Waals surface area contributed by atoms with E-state index in [1.54, 1.807) is 11.8 Å². The van der Waals surface area contributed by atoms with Crippen molar-refractivity contribution in [2.24, 2.45) is 0 Å². The van der Waals surface area contributed by atoms with Crippen LogP contribution in [0.1, 0.15) is 49.9 Å². The number of hydrogen-bond donors (Lipinski definition) is 1. The fourth-order valence-corrected chi connectivity index (χ4v) is 3.55. The number of nitrogens with one attached hydrogen (secondary N) is 1. The molecule has 29 heavy (non-hydrogen) atoms. The van der Waals surface area contributed by atoms with Crippen molar-refractivity contribution in [3.8, 4) is 0 Å². The normalized spacial score (nSPS) is 12.4. The van der Waals surface area contributed by atoms with E-state index in [4.69, 9.17) is 0 Å². The molecule has 4 nitrogen and oxygen atoms in total. The van der Waals surface area contributed by atoms with Crippen molar-refractivity contribution < 1.29 is 9.59 Å². The van der Waals surface area contributed by atoms with Crippen LogP contribution < -0.4 is 5.32 Å². The first-order valence-corrected chi connectivity index (χ1v) is 10.7. The molecular weight excluding hydrogens is 428 g/mol. The molecule has 2 aromatic carbocycles. The van der Waals surface area contributed by atoms with E-state index >= 15 is 0 Å². The van der Waals surface area contributed by atoms with Crippen molar-refractivity contribution in [1.82, 2.24) is 10.2 Å². The minimum absolute atomic E-state index is 0.0607. The molecule has 156 valence electrons. The van der Waals surface area contributed by atoms with E-state index in [0.29, 0.717) is 6.54 Å². The lowest BCUT2D eigenvalue weighted by atomic mass is 10.0. The highest BCUT2D eigenvalue weighted by molar-refractivity contribution is 9.10. The van der Waals surface area contributed by atoms with Gasteiger partial charge in [0.15, 0.2) is 0 Å². The van der Waals surface area contributed by atoms with E-state index in [0.717, 1.165) is 26.7 Å². The first kappa shape index (κ1) is 23.1. The van der Waals surface area contributed by atoms with Crippen LogP contribution in [0.15, 0.2) is 46.9 Å². The van der Waals surface area contributed by atoms with Crippen molar-refractivity contribution in [2.75, 3.05) is 0 Å². The highest BCUT2D eigenvalue weighted by Crippen LogP contribution is 2.17. The Hall–Kier alpha value is -2.14. The summed E-state index contributed by atoms with van der Waals surface area (Å²) in [5.41, 5.74) is 3.86. The van der Waals surface area contributed by atoms with Gasteiger partial charge in [0.05, 0.1) is 6.42 Å². The molecule has 1 N–H and O–H groups in total. The molecule has 0 radical (unpaired) electrons. The second-order valence-electron chi connectivity index (χ2n) is 8.74. The quantitative estimate of drug-likeness (QED) is 0.665. The molecule has 0 aliphatic carbocycles. The molecule has 0 unspecified atom stereocenters. The monoisotopic (exact) mass is 458 g/mol. The van der Waals surface area contributed by atoms with E-state index in [2.05, 4.69) is 27.3 Å². The number of halogens is 1. The molecule has 0 spiro atoms. The maximum absolute atomic E-state index is 13.3. The molecule has 2 amide bonds.